The van der Waals surface area contributed by atoms with Gasteiger partial charge in [0, 0.05) is 23.4 Å². The van der Waals surface area contributed by atoms with Crippen molar-refractivity contribution in [2.75, 3.05) is 11.9 Å². The molecule has 0 atom stereocenters. The van der Waals surface area contributed by atoms with Gasteiger partial charge in [0.2, 0.25) is 0 Å². The summed E-state index contributed by atoms with van der Waals surface area (Å²) in [5, 5.41) is 13.3. The van der Waals surface area contributed by atoms with Crippen LogP contribution in [0.2, 0.25) is 0 Å². The van der Waals surface area contributed by atoms with E-state index in [1.165, 1.54) is 24.3 Å². The van der Waals surface area contributed by atoms with Crippen molar-refractivity contribution in [2.45, 2.75) is 13.8 Å². The largest absolute Gasteiger partial charge is 0.492 e. The maximum Gasteiger partial charge on any atom is 0.269 e. The zero-order chi connectivity index (χ0) is 17.7. The smallest absolute Gasteiger partial charge is 0.269 e. The number of hydrogen-bond donors (Lipinski definition) is 1. The van der Waals surface area contributed by atoms with E-state index < -0.39 is 4.92 Å². The number of non-ortho nitro benzene ring substituents is 1. The first-order chi connectivity index (χ1) is 11.4. The van der Waals surface area contributed by atoms with Crippen LogP contribution >= 0.6 is 15.9 Å². The second-order valence-electron chi connectivity index (χ2n) is 5.61. The van der Waals surface area contributed by atoms with Crippen LogP contribution in [-0.4, -0.2) is 17.4 Å². The number of benzene rings is 2. The van der Waals surface area contributed by atoms with E-state index in [2.05, 4.69) is 35.1 Å². The van der Waals surface area contributed by atoms with Crippen molar-refractivity contribution < 1.29 is 14.5 Å². The third-order valence-corrected chi connectivity index (χ3v) is 3.72. The van der Waals surface area contributed by atoms with E-state index in [1.54, 1.807) is 18.2 Å². The van der Waals surface area contributed by atoms with Crippen molar-refractivity contribution in [1.82, 2.24) is 0 Å². The third kappa shape index (κ3) is 4.79. The molecule has 0 aliphatic carbocycles. The minimum absolute atomic E-state index is 0.0256. The summed E-state index contributed by atoms with van der Waals surface area (Å²) < 4.78 is 6.34. The Kier molecular flexibility index (Phi) is 5.92. The van der Waals surface area contributed by atoms with Gasteiger partial charge in [-0.3, -0.25) is 14.9 Å². The number of nitro groups is 1. The van der Waals surface area contributed by atoms with E-state index in [-0.39, 0.29) is 11.6 Å². The highest BCUT2D eigenvalue weighted by atomic mass is 79.9. The average molecular weight is 393 g/mol. The lowest BCUT2D eigenvalue weighted by Crippen LogP contribution is -2.12. The maximum atomic E-state index is 12.3. The molecule has 0 saturated carbocycles. The molecule has 0 aromatic heterocycles. The molecule has 0 aliphatic heterocycles. The van der Waals surface area contributed by atoms with Crippen LogP contribution in [0.3, 0.4) is 0 Å². The van der Waals surface area contributed by atoms with Gasteiger partial charge in [0.15, 0.2) is 0 Å². The van der Waals surface area contributed by atoms with Crippen molar-refractivity contribution in [3.05, 3.63) is 62.6 Å². The first-order valence-corrected chi connectivity index (χ1v) is 8.14. The number of hydrogen-bond acceptors (Lipinski definition) is 4. The first kappa shape index (κ1) is 17.9. The van der Waals surface area contributed by atoms with Crippen LogP contribution in [0.25, 0.3) is 0 Å². The number of amides is 1. The summed E-state index contributed by atoms with van der Waals surface area (Å²) in [6.07, 6.45) is 0. The molecule has 0 heterocycles. The second kappa shape index (κ2) is 7.92. The van der Waals surface area contributed by atoms with Gasteiger partial charge in [0.25, 0.3) is 11.6 Å². The molecule has 2 aromatic carbocycles. The summed E-state index contributed by atoms with van der Waals surface area (Å²) in [7, 11) is 0. The van der Waals surface area contributed by atoms with Gasteiger partial charge in [0.1, 0.15) is 5.75 Å². The molecule has 0 saturated heterocycles. The third-order valence-electron chi connectivity index (χ3n) is 3.10. The Labute approximate surface area is 148 Å². The predicted molar refractivity (Wildman–Crippen MR) is 95.5 cm³/mol. The van der Waals surface area contributed by atoms with E-state index in [1.807, 2.05) is 0 Å². The van der Waals surface area contributed by atoms with Crippen LogP contribution in [0.5, 0.6) is 5.75 Å². The number of carbonyl (C=O) groups excluding carboxylic acids is 1. The van der Waals surface area contributed by atoms with E-state index in [9.17, 15) is 14.9 Å². The molecule has 1 N–H and O–H groups in total. The van der Waals surface area contributed by atoms with Gasteiger partial charge in [-0.25, -0.2) is 0 Å². The lowest BCUT2D eigenvalue weighted by molar-refractivity contribution is -0.384. The number of halogens is 1. The molecule has 0 aliphatic rings. The summed E-state index contributed by atoms with van der Waals surface area (Å²) in [5.74, 6) is 0.776. The zero-order valence-corrected chi connectivity index (χ0v) is 14.9. The van der Waals surface area contributed by atoms with Crippen LogP contribution in [0.15, 0.2) is 46.9 Å². The van der Waals surface area contributed by atoms with E-state index in [4.69, 9.17) is 4.74 Å². The molecule has 2 aromatic rings. The molecule has 2 rings (SSSR count). The monoisotopic (exact) mass is 392 g/mol. The van der Waals surface area contributed by atoms with Gasteiger partial charge in [-0.1, -0.05) is 13.8 Å². The molecule has 24 heavy (non-hydrogen) atoms. The quantitative estimate of drug-likeness (QED) is 0.573. The SMILES string of the molecule is CC(C)COc1ccc(C(=O)Nc2ccc([N+](=O)[O-])cc2)cc1Br. The lowest BCUT2D eigenvalue weighted by Gasteiger charge is -2.11. The molecule has 7 heteroatoms. The van der Waals surface area contributed by atoms with Crippen molar-refractivity contribution in [3.63, 3.8) is 0 Å². The summed E-state index contributed by atoms with van der Waals surface area (Å²) in [5.41, 5.74) is 0.918. The first-order valence-electron chi connectivity index (χ1n) is 7.35. The molecule has 0 radical (unpaired) electrons. The van der Waals surface area contributed by atoms with E-state index in [0.717, 1.165) is 0 Å². The molecular weight excluding hydrogens is 376 g/mol. The normalized spacial score (nSPS) is 10.5. The molecule has 0 unspecified atom stereocenters. The van der Waals surface area contributed by atoms with Crippen molar-refractivity contribution in [3.8, 4) is 5.75 Å². The molecule has 126 valence electrons. The summed E-state index contributed by atoms with van der Waals surface area (Å²) >= 11 is 3.40. The van der Waals surface area contributed by atoms with Crippen molar-refractivity contribution in [1.29, 1.82) is 0 Å². The van der Waals surface area contributed by atoms with Gasteiger partial charge in [-0.15, -0.1) is 0 Å². The number of carbonyl (C=O) groups is 1. The van der Waals surface area contributed by atoms with Crippen LogP contribution in [0.4, 0.5) is 11.4 Å². The standard InChI is InChI=1S/C17H17BrN2O4/c1-11(2)10-24-16-8-3-12(9-15(16)18)17(21)19-13-4-6-14(7-5-13)20(22)23/h3-9,11H,10H2,1-2H3,(H,19,21). The van der Waals surface area contributed by atoms with Crippen LogP contribution in [-0.2, 0) is 0 Å². The van der Waals surface area contributed by atoms with E-state index in [0.29, 0.717) is 34.0 Å². The Morgan fingerprint density at radius 2 is 1.92 bits per heavy atom. The van der Waals surface area contributed by atoms with Gasteiger partial charge >= 0.3 is 0 Å². The number of nitro benzene ring substituents is 1. The fourth-order valence-electron chi connectivity index (χ4n) is 1.89. The molecule has 6 nitrogen and oxygen atoms in total. The van der Waals surface area contributed by atoms with E-state index >= 15 is 0 Å². The number of nitrogens with one attached hydrogen (secondary N) is 1. The Bertz CT molecular complexity index is 745. The summed E-state index contributed by atoms with van der Waals surface area (Å²) in [6.45, 7) is 4.70. The Morgan fingerprint density at radius 1 is 1.25 bits per heavy atom. The number of ether oxygens (including phenoxy) is 1. The highest BCUT2D eigenvalue weighted by molar-refractivity contribution is 9.10. The van der Waals surface area contributed by atoms with Crippen molar-refractivity contribution >= 4 is 33.2 Å². The topological polar surface area (TPSA) is 81.5 Å². The zero-order valence-electron chi connectivity index (χ0n) is 13.3. The predicted octanol–water partition coefficient (Wildman–Crippen LogP) is 4.64. The number of nitrogens with zero attached hydrogens (tertiary/aromatic N) is 1. The van der Waals surface area contributed by atoms with Crippen molar-refractivity contribution in [2.24, 2.45) is 5.92 Å². The fourth-order valence-corrected chi connectivity index (χ4v) is 2.38. The molecular formula is C17H17BrN2O4. The molecule has 0 fully saturated rings. The van der Waals surface area contributed by atoms with Gasteiger partial charge in [-0.05, 0) is 52.2 Å². The van der Waals surface area contributed by atoms with Gasteiger partial charge in [-0.2, -0.15) is 0 Å². The number of rotatable bonds is 6. The molecule has 0 spiro atoms. The van der Waals surface area contributed by atoms with Crippen LogP contribution in [0.1, 0.15) is 24.2 Å². The Balaban J connectivity index is 2.06. The minimum Gasteiger partial charge on any atom is -0.492 e. The minimum atomic E-state index is -0.488. The van der Waals surface area contributed by atoms with Crippen LogP contribution in [0, 0.1) is 16.0 Å². The average Bonchev–Trinajstić information content (AvgIpc) is 2.54. The maximum absolute atomic E-state index is 12.3. The fraction of sp³-hybridized carbons (Fsp3) is 0.235. The summed E-state index contributed by atoms with van der Waals surface area (Å²) in [6, 6.07) is 10.7. The molecule has 0 bridgehead atoms. The Hall–Kier alpha value is -2.41. The van der Waals surface area contributed by atoms with Gasteiger partial charge in [0.05, 0.1) is 16.0 Å². The highest BCUT2D eigenvalue weighted by Gasteiger charge is 2.11. The Morgan fingerprint density at radius 3 is 2.46 bits per heavy atom. The second-order valence-corrected chi connectivity index (χ2v) is 6.46. The highest BCUT2D eigenvalue weighted by Crippen LogP contribution is 2.27. The van der Waals surface area contributed by atoms with Crippen LogP contribution < -0.4 is 10.1 Å². The van der Waals surface area contributed by atoms with Gasteiger partial charge < -0.3 is 10.1 Å². The lowest BCUT2D eigenvalue weighted by atomic mass is 10.2. The molecule has 1 amide bonds. The summed E-state index contributed by atoms with van der Waals surface area (Å²) in [4.78, 5) is 22.4. The number of anilines is 1.